The molecule has 0 saturated carbocycles. The number of hydrogen-bond donors (Lipinski definition) is 0. The number of ether oxygens (including phenoxy) is 1. The summed E-state index contributed by atoms with van der Waals surface area (Å²) in [6.07, 6.45) is 1.70. The predicted octanol–water partition coefficient (Wildman–Crippen LogP) is 3.66. The van der Waals surface area contributed by atoms with Gasteiger partial charge in [0.15, 0.2) is 5.16 Å². The van der Waals surface area contributed by atoms with Crippen LogP contribution in [0.1, 0.15) is 21.5 Å². The van der Waals surface area contributed by atoms with Gasteiger partial charge in [-0.1, -0.05) is 47.7 Å². The van der Waals surface area contributed by atoms with Crippen LogP contribution in [0.2, 0.25) is 0 Å². The maximum Gasteiger partial charge on any atom is 0.262 e. The molecule has 1 aliphatic rings. The fourth-order valence-corrected chi connectivity index (χ4v) is 4.48. The van der Waals surface area contributed by atoms with Crippen LogP contribution < -0.4 is 5.56 Å². The highest BCUT2D eigenvalue weighted by atomic mass is 32.2. The molecule has 4 rings (SSSR count). The van der Waals surface area contributed by atoms with E-state index in [9.17, 15) is 9.59 Å². The van der Waals surface area contributed by atoms with Gasteiger partial charge in [0.25, 0.3) is 11.5 Å². The number of nitrogens with zero attached hydrogens (tertiary/aromatic N) is 3. The number of carbonyl (C=O) groups excluding carboxylic acids is 1. The number of hydrogen-bond acceptors (Lipinski definition) is 5. The number of benzene rings is 2. The summed E-state index contributed by atoms with van der Waals surface area (Å²) in [6.45, 7) is 8.45. The summed E-state index contributed by atoms with van der Waals surface area (Å²) in [6, 6.07) is 13.4. The number of amides is 1. The third-order valence-electron chi connectivity index (χ3n) is 5.27. The number of aromatic nitrogens is 2. The van der Waals surface area contributed by atoms with Gasteiger partial charge in [0.2, 0.25) is 0 Å². The number of rotatable bonds is 6. The first-order valence-corrected chi connectivity index (χ1v) is 11.3. The number of morpholine rings is 1. The van der Waals surface area contributed by atoms with Crippen LogP contribution in [0.15, 0.2) is 65.1 Å². The number of fused-ring (bicyclic) bond motifs is 1. The van der Waals surface area contributed by atoms with Crippen LogP contribution in [0.4, 0.5) is 0 Å². The molecule has 1 aromatic heterocycles. The standard InChI is InChI=1S/C24H25N3O3S/c1-3-10-27-23(29)20-9-8-19(22(28)26-11-13-30-14-12-26)15-21(20)25-24(27)31-16-18-6-4-17(2)5-7-18/h3-9,15H,1,10-14,16H2,2H3. The molecule has 6 nitrogen and oxygen atoms in total. The van der Waals surface area contributed by atoms with E-state index < -0.39 is 0 Å². The Bertz CT molecular complexity index is 1170. The van der Waals surface area contributed by atoms with Gasteiger partial charge in [-0.3, -0.25) is 14.2 Å². The van der Waals surface area contributed by atoms with Crippen molar-refractivity contribution in [1.82, 2.24) is 14.5 Å². The van der Waals surface area contributed by atoms with E-state index in [1.165, 1.54) is 17.3 Å². The van der Waals surface area contributed by atoms with Crippen LogP contribution in [0.5, 0.6) is 0 Å². The van der Waals surface area contributed by atoms with E-state index in [1.807, 2.05) is 0 Å². The number of thioether (sulfide) groups is 1. The van der Waals surface area contributed by atoms with E-state index >= 15 is 0 Å². The molecular formula is C24H25N3O3S. The Morgan fingerprint density at radius 2 is 1.94 bits per heavy atom. The molecule has 0 N–H and O–H groups in total. The minimum Gasteiger partial charge on any atom is -0.378 e. The van der Waals surface area contributed by atoms with Crippen molar-refractivity contribution in [3.8, 4) is 0 Å². The molecule has 3 aromatic rings. The average Bonchev–Trinajstić information content (AvgIpc) is 2.80. The van der Waals surface area contributed by atoms with Gasteiger partial charge in [0, 0.05) is 31.0 Å². The number of allylic oxidation sites excluding steroid dienone is 1. The summed E-state index contributed by atoms with van der Waals surface area (Å²) in [5.41, 5.74) is 3.32. The fraction of sp³-hybridized carbons (Fsp3) is 0.292. The third-order valence-corrected chi connectivity index (χ3v) is 6.31. The molecule has 1 aliphatic heterocycles. The smallest absolute Gasteiger partial charge is 0.262 e. The van der Waals surface area contributed by atoms with Gasteiger partial charge in [-0.05, 0) is 30.7 Å². The maximum atomic E-state index is 13.1. The highest BCUT2D eigenvalue weighted by Gasteiger charge is 2.20. The first-order valence-electron chi connectivity index (χ1n) is 10.3. The van der Waals surface area contributed by atoms with Gasteiger partial charge in [-0.25, -0.2) is 4.98 Å². The van der Waals surface area contributed by atoms with Crippen LogP contribution in [0.25, 0.3) is 10.9 Å². The molecule has 7 heteroatoms. The summed E-state index contributed by atoms with van der Waals surface area (Å²) < 4.78 is 6.97. The first-order chi connectivity index (χ1) is 15.1. The van der Waals surface area contributed by atoms with E-state index in [0.29, 0.717) is 60.2 Å². The average molecular weight is 436 g/mol. The van der Waals surface area contributed by atoms with Crippen LogP contribution in [0.3, 0.4) is 0 Å². The Balaban J connectivity index is 1.68. The van der Waals surface area contributed by atoms with E-state index in [2.05, 4.69) is 37.8 Å². The van der Waals surface area contributed by atoms with Crippen molar-refractivity contribution >= 4 is 28.6 Å². The minimum atomic E-state index is -0.123. The molecule has 1 amide bonds. The third kappa shape index (κ3) is 4.73. The number of carbonyl (C=O) groups is 1. The normalized spacial score (nSPS) is 14.0. The van der Waals surface area contributed by atoms with Crippen LogP contribution in [-0.2, 0) is 17.0 Å². The lowest BCUT2D eigenvalue weighted by Crippen LogP contribution is -2.40. The minimum absolute atomic E-state index is 0.0591. The largest absolute Gasteiger partial charge is 0.378 e. The van der Waals surface area contributed by atoms with Crippen molar-refractivity contribution in [2.75, 3.05) is 26.3 Å². The lowest BCUT2D eigenvalue weighted by molar-refractivity contribution is 0.0303. The summed E-state index contributed by atoms with van der Waals surface area (Å²) in [4.78, 5) is 32.5. The fourth-order valence-electron chi connectivity index (χ4n) is 3.52. The van der Waals surface area contributed by atoms with E-state index in [1.54, 1.807) is 33.7 Å². The van der Waals surface area contributed by atoms with Gasteiger partial charge in [0.05, 0.1) is 24.1 Å². The van der Waals surface area contributed by atoms with Gasteiger partial charge >= 0.3 is 0 Å². The van der Waals surface area contributed by atoms with Crippen molar-refractivity contribution in [3.05, 3.63) is 82.2 Å². The predicted molar refractivity (Wildman–Crippen MR) is 124 cm³/mol. The lowest BCUT2D eigenvalue weighted by atomic mass is 10.1. The molecule has 1 saturated heterocycles. The van der Waals surface area contributed by atoms with Crippen LogP contribution >= 0.6 is 11.8 Å². The first kappa shape index (κ1) is 21.3. The zero-order valence-electron chi connectivity index (χ0n) is 17.5. The molecule has 1 fully saturated rings. The topological polar surface area (TPSA) is 64.4 Å². The van der Waals surface area contributed by atoms with Crippen molar-refractivity contribution < 1.29 is 9.53 Å². The molecule has 160 valence electrons. The summed E-state index contributed by atoms with van der Waals surface area (Å²) in [5, 5.41) is 1.12. The Morgan fingerprint density at radius 1 is 1.19 bits per heavy atom. The Morgan fingerprint density at radius 3 is 2.65 bits per heavy atom. The summed E-state index contributed by atoms with van der Waals surface area (Å²) >= 11 is 1.51. The molecule has 0 aliphatic carbocycles. The zero-order valence-corrected chi connectivity index (χ0v) is 18.4. The Hall–Kier alpha value is -2.90. The van der Waals surface area contributed by atoms with Crippen LogP contribution in [-0.4, -0.2) is 46.7 Å². The number of aryl methyl sites for hydroxylation is 1. The van der Waals surface area contributed by atoms with Crippen molar-refractivity contribution in [2.24, 2.45) is 0 Å². The van der Waals surface area contributed by atoms with E-state index in [-0.39, 0.29) is 11.5 Å². The molecule has 2 heterocycles. The highest BCUT2D eigenvalue weighted by Crippen LogP contribution is 2.23. The SMILES string of the molecule is C=CCn1c(SCc2ccc(C)cc2)nc2cc(C(=O)N3CCOCC3)ccc2c1=O. The lowest BCUT2D eigenvalue weighted by Gasteiger charge is -2.26. The molecule has 2 aromatic carbocycles. The molecule has 0 spiro atoms. The monoisotopic (exact) mass is 435 g/mol. The molecule has 0 unspecified atom stereocenters. The summed E-state index contributed by atoms with van der Waals surface area (Å²) in [7, 11) is 0. The van der Waals surface area contributed by atoms with Crippen molar-refractivity contribution in [1.29, 1.82) is 0 Å². The molecule has 0 bridgehead atoms. The second-order valence-corrected chi connectivity index (χ2v) is 8.45. The maximum absolute atomic E-state index is 13.1. The van der Waals surface area contributed by atoms with Gasteiger partial charge in [0.1, 0.15) is 0 Å². The zero-order chi connectivity index (χ0) is 21.8. The highest BCUT2D eigenvalue weighted by molar-refractivity contribution is 7.98. The molecule has 0 radical (unpaired) electrons. The Kier molecular flexibility index (Phi) is 6.53. The molecule has 31 heavy (non-hydrogen) atoms. The Labute approximate surface area is 185 Å². The van der Waals surface area contributed by atoms with Crippen molar-refractivity contribution in [3.63, 3.8) is 0 Å². The van der Waals surface area contributed by atoms with Crippen LogP contribution in [0, 0.1) is 6.92 Å². The quantitative estimate of drug-likeness (QED) is 0.336. The van der Waals surface area contributed by atoms with E-state index in [0.717, 1.165) is 5.56 Å². The molecular weight excluding hydrogens is 410 g/mol. The summed E-state index contributed by atoms with van der Waals surface area (Å²) in [5.74, 6) is 0.637. The van der Waals surface area contributed by atoms with Gasteiger partial charge in [-0.15, -0.1) is 6.58 Å². The van der Waals surface area contributed by atoms with Crippen molar-refractivity contribution in [2.45, 2.75) is 24.4 Å². The second kappa shape index (κ2) is 9.49. The second-order valence-electron chi connectivity index (χ2n) is 7.51. The van der Waals surface area contributed by atoms with Gasteiger partial charge < -0.3 is 9.64 Å². The molecule has 0 atom stereocenters. The van der Waals surface area contributed by atoms with E-state index in [4.69, 9.17) is 9.72 Å². The van der Waals surface area contributed by atoms with Gasteiger partial charge in [-0.2, -0.15) is 0 Å².